The van der Waals surface area contributed by atoms with Gasteiger partial charge in [-0.3, -0.25) is 15.3 Å². The number of rotatable bonds is 5. The van der Waals surface area contributed by atoms with Gasteiger partial charge >= 0.3 is 0 Å². The molecule has 0 aliphatic rings. The van der Waals surface area contributed by atoms with Crippen molar-refractivity contribution in [2.45, 2.75) is 12.8 Å². The van der Waals surface area contributed by atoms with Crippen LogP contribution in [-0.4, -0.2) is 18.4 Å². The van der Waals surface area contributed by atoms with Crippen LogP contribution in [-0.2, 0) is 16.0 Å². The van der Waals surface area contributed by atoms with Crippen LogP contribution in [0.2, 0.25) is 0 Å². The van der Waals surface area contributed by atoms with Crippen molar-refractivity contribution in [3.63, 3.8) is 0 Å². The molecule has 0 aromatic heterocycles. The number of hydrogen-bond donors (Lipinski definition) is 1. The lowest BCUT2D eigenvalue weighted by Gasteiger charge is -2.02. The predicted molar refractivity (Wildman–Crippen MR) is 55.9 cm³/mol. The van der Waals surface area contributed by atoms with E-state index >= 15 is 0 Å². The third kappa shape index (κ3) is 4.81. The smallest absolute Gasteiger partial charge is 0.257 e. The molecule has 2 N–H and O–H groups in total. The van der Waals surface area contributed by atoms with Crippen LogP contribution in [0.1, 0.15) is 12.0 Å². The SMILES string of the molecule is [NH]C(=O)CNC(=O)CCc1ccccc1. The van der Waals surface area contributed by atoms with Gasteiger partial charge in [-0.1, -0.05) is 30.3 Å². The molecule has 1 aromatic carbocycles. The van der Waals surface area contributed by atoms with E-state index in [1.54, 1.807) is 0 Å². The zero-order chi connectivity index (χ0) is 11.1. The van der Waals surface area contributed by atoms with E-state index in [9.17, 15) is 9.59 Å². The molecule has 0 saturated heterocycles. The standard InChI is InChI=1S/C11H13N2O2/c12-10(14)8-13-11(15)7-6-9-4-2-1-3-5-9/h1-5,12H,6-8H2,(H,13,15). The van der Waals surface area contributed by atoms with Crippen molar-refractivity contribution in [1.29, 1.82) is 0 Å². The van der Waals surface area contributed by atoms with Crippen LogP contribution >= 0.6 is 0 Å². The van der Waals surface area contributed by atoms with Gasteiger partial charge in [-0.15, -0.1) is 0 Å². The van der Waals surface area contributed by atoms with E-state index in [4.69, 9.17) is 5.73 Å². The van der Waals surface area contributed by atoms with E-state index in [1.807, 2.05) is 30.3 Å². The van der Waals surface area contributed by atoms with Crippen LogP contribution in [0.5, 0.6) is 0 Å². The van der Waals surface area contributed by atoms with Gasteiger partial charge in [-0.2, -0.15) is 0 Å². The molecule has 15 heavy (non-hydrogen) atoms. The topological polar surface area (TPSA) is 70.0 Å². The number of carbonyl (C=O) groups excluding carboxylic acids is 2. The van der Waals surface area contributed by atoms with Crippen molar-refractivity contribution in [2.24, 2.45) is 0 Å². The summed E-state index contributed by atoms with van der Waals surface area (Å²) in [6.45, 7) is -0.201. The van der Waals surface area contributed by atoms with E-state index in [2.05, 4.69) is 5.32 Å². The van der Waals surface area contributed by atoms with Gasteiger partial charge in [0.05, 0.1) is 6.54 Å². The van der Waals surface area contributed by atoms with E-state index in [0.29, 0.717) is 12.8 Å². The monoisotopic (exact) mass is 205 g/mol. The number of amides is 2. The highest BCUT2D eigenvalue weighted by atomic mass is 16.2. The Labute approximate surface area is 88.5 Å². The Morgan fingerprint density at radius 2 is 1.87 bits per heavy atom. The van der Waals surface area contributed by atoms with Crippen molar-refractivity contribution in [1.82, 2.24) is 11.1 Å². The molecule has 1 radical (unpaired) electrons. The Morgan fingerprint density at radius 3 is 2.47 bits per heavy atom. The minimum Gasteiger partial charge on any atom is -0.347 e. The summed E-state index contributed by atoms with van der Waals surface area (Å²) in [6.07, 6.45) is 0.996. The molecule has 2 amide bonds. The molecule has 0 heterocycles. The highest BCUT2D eigenvalue weighted by molar-refractivity contribution is 5.83. The van der Waals surface area contributed by atoms with Gasteiger partial charge in [0, 0.05) is 6.42 Å². The van der Waals surface area contributed by atoms with Crippen molar-refractivity contribution in [3.05, 3.63) is 35.9 Å². The molecule has 1 aromatic rings. The first-order valence-corrected chi connectivity index (χ1v) is 4.73. The Bertz CT molecular complexity index is 336. The average molecular weight is 205 g/mol. The zero-order valence-electron chi connectivity index (χ0n) is 8.32. The second kappa shape index (κ2) is 5.80. The fraction of sp³-hybridized carbons (Fsp3) is 0.273. The molecular formula is C11H13N2O2. The van der Waals surface area contributed by atoms with Crippen LogP contribution in [0.4, 0.5) is 0 Å². The van der Waals surface area contributed by atoms with E-state index < -0.39 is 5.91 Å². The summed E-state index contributed by atoms with van der Waals surface area (Å²) in [7, 11) is 0. The Morgan fingerprint density at radius 1 is 1.20 bits per heavy atom. The molecule has 0 unspecified atom stereocenters. The van der Waals surface area contributed by atoms with Crippen molar-refractivity contribution in [3.8, 4) is 0 Å². The van der Waals surface area contributed by atoms with Crippen LogP contribution < -0.4 is 11.1 Å². The van der Waals surface area contributed by atoms with Crippen LogP contribution in [0.15, 0.2) is 30.3 Å². The summed E-state index contributed by atoms with van der Waals surface area (Å²) in [4.78, 5) is 21.4. The van der Waals surface area contributed by atoms with Gasteiger partial charge in [0.1, 0.15) is 0 Å². The van der Waals surface area contributed by atoms with Gasteiger partial charge in [0.15, 0.2) is 0 Å². The zero-order valence-corrected chi connectivity index (χ0v) is 8.32. The van der Waals surface area contributed by atoms with Crippen LogP contribution in [0.25, 0.3) is 0 Å². The number of nitrogens with one attached hydrogen (secondary N) is 2. The van der Waals surface area contributed by atoms with Gasteiger partial charge in [0.25, 0.3) is 5.91 Å². The van der Waals surface area contributed by atoms with E-state index in [0.717, 1.165) is 5.56 Å². The molecule has 0 bridgehead atoms. The second-order valence-corrected chi connectivity index (χ2v) is 3.19. The molecule has 0 aliphatic heterocycles. The third-order valence-electron chi connectivity index (χ3n) is 1.93. The quantitative estimate of drug-likeness (QED) is 0.762. The lowest BCUT2D eigenvalue weighted by atomic mass is 10.1. The van der Waals surface area contributed by atoms with Gasteiger partial charge in [-0.05, 0) is 12.0 Å². The van der Waals surface area contributed by atoms with Crippen molar-refractivity contribution < 1.29 is 9.59 Å². The summed E-state index contributed by atoms with van der Waals surface area (Å²) < 4.78 is 0. The number of hydrogen-bond acceptors (Lipinski definition) is 2. The predicted octanol–water partition coefficient (Wildman–Crippen LogP) is 0.545. The van der Waals surface area contributed by atoms with Gasteiger partial charge < -0.3 is 5.32 Å². The molecular weight excluding hydrogens is 192 g/mol. The summed E-state index contributed by atoms with van der Waals surface area (Å²) >= 11 is 0. The molecule has 1 rings (SSSR count). The van der Waals surface area contributed by atoms with Gasteiger partial charge in [0.2, 0.25) is 5.91 Å². The fourth-order valence-corrected chi connectivity index (χ4v) is 1.17. The molecule has 0 fully saturated rings. The molecule has 4 nitrogen and oxygen atoms in total. The van der Waals surface area contributed by atoms with Crippen LogP contribution in [0, 0.1) is 0 Å². The fourth-order valence-electron chi connectivity index (χ4n) is 1.17. The normalized spacial score (nSPS) is 9.60. The molecule has 0 atom stereocenters. The minimum atomic E-state index is -0.775. The third-order valence-corrected chi connectivity index (χ3v) is 1.93. The van der Waals surface area contributed by atoms with Crippen LogP contribution in [0.3, 0.4) is 0 Å². The first-order valence-electron chi connectivity index (χ1n) is 4.73. The Hall–Kier alpha value is -1.84. The largest absolute Gasteiger partial charge is 0.347 e. The maximum Gasteiger partial charge on any atom is 0.257 e. The molecule has 0 aliphatic carbocycles. The second-order valence-electron chi connectivity index (χ2n) is 3.19. The Balaban J connectivity index is 2.26. The van der Waals surface area contributed by atoms with E-state index in [1.165, 1.54) is 0 Å². The number of benzene rings is 1. The molecule has 0 saturated carbocycles. The summed E-state index contributed by atoms with van der Waals surface area (Å²) in [5.74, 6) is -0.970. The van der Waals surface area contributed by atoms with Gasteiger partial charge in [-0.25, -0.2) is 0 Å². The summed E-state index contributed by atoms with van der Waals surface area (Å²) in [6, 6.07) is 9.65. The lowest BCUT2D eigenvalue weighted by molar-refractivity contribution is -0.125. The van der Waals surface area contributed by atoms with Crippen molar-refractivity contribution >= 4 is 11.8 Å². The molecule has 0 spiro atoms. The first-order chi connectivity index (χ1) is 7.18. The highest BCUT2D eigenvalue weighted by Gasteiger charge is 2.03. The maximum atomic E-state index is 11.2. The summed E-state index contributed by atoms with van der Waals surface area (Å²) in [5.41, 5.74) is 7.70. The highest BCUT2D eigenvalue weighted by Crippen LogP contribution is 2.01. The Kier molecular flexibility index (Phi) is 4.34. The average Bonchev–Trinajstić information content (AvgIpc) is 2.25. The number of aryl methyl sites for hydroxylation is 1. The minimum absolute atomic E-state index is 0.195. The number of carbonyl (C=O) groups is 2. The summed E-state index contributed by atoms with van der Waals surface area (Å²) in [5, 5.41) is 2.38. The molecule has 79 valence electrons. The maximum absolute atomic E-state index is 11.2. The van der Waals surface area contributed by atoms with Crippen molar-refractivity contribution in [2.75, 3.05) is 6.54 Å². The van der Waals surface area contributed by atoms with E-state index in [-0.39, 0.29) is 12.5 Å². The molecule has 4 heteroatoms. The lowest BCUT2D eigenvalue weighted by Crippen LogP contribution is -2.29. The first kappa shape index (κ1) is 11.2.